The number of nitrogens with zero attached hydrogens (tertiary/aromatic N) is 2. The highest BCUT2D eigenvalue weighted by Crippen LogP contribution is 2.59. The molecule has 0 saturated heterocycles. The van der Waals surface area contributed by atoms with Crippen LogP contribution in [0.5, 0.6) is 0 Å². The summed E-state index contributed by atoms with van der Waals surface area (Å²) in [5.74, 6) is -1.15. The normalized spacial score (nSPS) is 26.1. The molecule has 1 aliphatic heterocycles. The number of alkyl halides is 3. The molecular formula is C19H15ClF3N3O2. The molecule has 146 valence electrons. The van der Waals surface area contributed by atoms with Gasteiger partial charge in [-0.2, -0.15) is 13.2 Å². The zero-order valence-corrected chi connectivity index (χ0v) is 15.2. The summed E-state index contributed by atoms with van der Waals surface area (Å²) in [7, 11) is 0. The molecule has 0 unspecified atom stereocenters. The number of rotatable bonds is 4. The quantitative estimate of drug-likeness (QED) is 0.782. The third-order valence-corrected chi connectivity index (χ3v) is 5.23. The summed E-state index contributed by atoms with van der Waals surface area (Å²) in [6.45, 7) is 0. The highest BCUT2D eigenvalue weighted by atomic mass is 35.5. The second-order valence-corrected chi connectivity index (χ2v) is 7.31. The Balaban J connectivity index is 1.68. The summed E-state index contributed by atoms with van der Waals surface area (Å²) in [6.07, 6.45) is -3.78. The van der Waals surface area contributed by atoms with Gasteiger partial charge in [0.1, 0.15) is 11.8 Å². The van der Waals surface area contributed by atoms with E-state index in [1.54, 1.807) is 6.07 Å². The first-order valence-electron chi connectivity index (χ1n) is 8.53. The molecule has 1 fully saturated rings. The van der Waals surface area contributed by atoms with Crippen LogP contribution in [0, 0.1) is 5.92 Å². The minimum absolute atomic E-state index is 0.0480. The molecular weight excluding hydrogens is 395 g/mol. The number of Topliss-reactive ketones (excluding diaryl/α,β-unsaturated/α-hetero) is 1. The largest absolute Gasteiger partial charge is 0.462 e. The lowest BCUT2D eigenvalue weighted by Gasteiger charge is -2.35. The van der Waals surface area contributed by atoms with Gasteiger partial charge in [0.15, 0.2) is 11.3 Å². The molecule has 5 nitrogen and oxygen atoms in total. The number of carbonyl (C=O) groups is 1. The number of hydrogen-bond acceptors (Lipinski definition) is 5. The van der Waals surface area contributed by atoms with E-state index in [4.69, 9.17) is 22.1 Å². The number of ether oxygens (including phenoxy) is 1. The summed E-state index contributed by atoms with van der Waals surface area (Å²) < 4.78 is 47.5. The molecule has 1 aliphatic carbocycles. The Kier molecular flexibility index (Phi) is 4.33. The first kappa shape index (κ1) is 18.7. The first-order chi connectivity index (χ1) is 13.2. The number of aromatic nitrogens is 1. The van der Waals surface area contributed by atoms with Crippen molar-refractivity contribution in [2.75, 3.05) is 0 Å². The molecule has 4 rings (SSSR count). The molecule has 2 N–H and O–H groups in total. The van der Waals surface area contributed by atoms with Crippen molar-refractivity contribution in [3.63, 3.8) is 0 Å². The Hall–Kier alpha value is -2.61. The van der Waals surface area contributed by atoms with Gasteiger partial charge < -0.3 is 10.5 Å². The fourth-order valence-electron chi connectivity index (χ4n) is 3.63. The maximum absolute atomic E-state index is 14.1. The van der Waals surface area contributed by atoms with E-state index in [1.807, 2.05) is 0 Å². The molecule has 1 aromatic heterocycles. The number of ketones is 1. The average Bonchev–Trinajstić information content (AvgIpc) is 3.40. The lowest BCUT2D eigenvalue weighted by molar-refractivity contribution is -0.200. The smallest absolute Gasteiger partial charge is 0.418 e. The fourth-order valence-corrected chi connectivity index (χ4v) is 3.74. The van der Waals surface area contributed by atoms with Crippen LogP contribution in [-0.4, -0.2) is 29.1 Å². The van der Waals surface area contributed by atoms with Gasteiger partial charge in [-0.05, 0) is 29.7 Å². The molecule has 2 aliphatic rings. The van der Waals surface area contributed by atoms with E-state index >= 15 is 0 Å². The van der Waals surface area contributed by atoms with E-state index in [2.05, 4.69) is 9.98 Å². The first-order valence-corrected chi connectivity index (χ1v) is 8.91. The highest BCUT2D eigenvalue weighted by Gasteiger charge is 2.70. The van der Waals surface area contributed by atoms with Crippen LogP contribution in [0.1, 0.15) is 28.0 Å². The second-order valence-electron chi connectivity index (χ2n) is 6.87. The zero-order chi connectivity index (χ0) is 20.1. The molecule has 2 aromatic rings. The van der Waals surface area contributed by atoms with Crippen LogP contribution in [0.4, 0.5) is 13.2 Å². The number of hydrogen-bond donors (Lipinski definition) is 1. The van der Waals surface area contributed by atoms with Crippen LogP contribution in [0.3, 0.4) is 0 Å². The Labute approximate surface area is 163 Å². The van der Waals surface area contributed by atoms with Crippen LogP contribution >= 0.6 is 11.6 Å². The molecule has 0 bridgehead atoms. The monoisotopic (exact) mass is 409 g/mol. The molecule has 0 radical (unpaired) electrons. The second kappa shape index (κ2) is 6.48. The Morgan fingerprint density at radius 1 is 1.32 bits per heavy atom. The van der Waals surface area contributed by atoms with Crippen molar-refractivity contribution >= 4 is 23.4 Å². The minimum atomic E-state index is -4.65. The van der Waals surface area contributed by atoms with Gasteiger partial charge in [0.2, 0.25) is 0 Å². The minimum Gasteiger partial charge on any atom is -0.462 e. The molecule has 28 heavy (non-hydrogen) atoms. The summed E-state index contributed by atoms with van der Waals surface area (Å²) in [6, 6.07) is 8.34. The lowest BCUT2D eigenvalue weighted by Crippen LogP contribution is -2.48. The van der Waals surface area contributed by atoms with Gasteiger partial charge in [-0.1, -0.05) is 35.9 Å². The number of pyridine rings is 1. The standard InChI is InChI=1S/C19H15ClF3N3O2/c20-12-4-5-14(25-9-12)15(27)7-10-2-1-3-11(6-10)18(19(21,22)23)13-8-16(13)28-17(24)26-18/h1-6,9,13,16H,7-8H2,(H2,24,26)/t13-,16+,18+/m1/s1. The van der Waals surface area contributed by atoms with Gasteiger partial charge in [0.05, 0.1) is 5.02 Å². The van der Waals surface area contributed by atoms with E-state index in [0.717, 1.165) is 0 Å². The van der Waals surface area contributed by atoms with Gasteiger partial charge in [-0.25, -0.2) is 4.99 Å². The SMILES string of the molecule is NC1=N[C@](c2cccc(CC(=O)c3ccc(Cl)cn3)c2)(C(F)(F)F)[C@@H]2C[C@@H]2O1. The number of aliphatic imine (C=N–C) groups is 1. The van der Waals surface area contributed by atoms with E-state index in [-0.39, 0.29) is 29.9 Å². The van der Waals surface area contributed by atoms with Crippen molar-refractivity contribution < 1.29 is 22.7 Å². The number of halogens is 4. The van der Waals surface area contributed by atoms with Crippen LogP contribution in [-0.2, 0) is 16.7 Å². The Morgan fingerprint density at radius 2 is 2.11 bits per heavy atom. The van der Waals surface area contributed by atoms with Crippen molar-refractivity contribution in [3.05, 3.63) is 64.4 Å². The molecule has 0 spiro atoms. The van der Waals surface area contributed by atoms with Crippen LogP contribution in [0.25, 0.3) is 0 Å². The van der Waals surface area contributed by atoms with Crippen molar-refractivity contribution in [1.29, 1.82) is 0 Å². The highest BCUT2D eigenvalue weighted by molar-refractivity contribution is 6.30. The molecule has 9 heteroatoms. The summed E-state index contributed by atoms with van der Waals surface area (Å²) in [4.78, 5) is 20.1. The molecule has 1 saturated carbocycles. The topological polar surface area (TPSA) is 77.6 Å². The van der Waals surface area contributed by atoms with E-state index in [1.165, 1.54) is 36.5 Å². The van der Waals surface area contributed by atoms with E-state index in [9.17, 15) is 18.0 Å². The number of nitrogens with two attached hydrogens (primary N) is 1. The predicted molar refractivity (Wildman–Crippen MR) is 96.1 cm³/mol. The molecule has 2 heterocycles. The summed E-state index contributed by atoms with van der Waals surface area (Å²) in [5, 5.41) is 0.389. The van der Waals surface area contributed by atoms with Crippen molar-refractivity contribution in [1.82, 2.24) is 4.98 Å². The van der Waals surface area contributed by atoms with Crippen LogP contribution < -0.4 is 5.73 Å². The average molecular weight is 410 g/mol. The third-order valence-electron chi connectivity index (χ3n) is 5.00. The number of carbonyl (C=O) groups excluding carboxylic acids is 1. The molecule has 1 aromatic carbocycles. The molecule has 3 atom stereocenters. The molecule has 0 amide bonds. The Bertz CT molecular complexity index is 962. The number of amidine groups is 1. The van der Waals surface area contributed by atoms with Crippen LogP contribution in [0.2, 0.25) is 5.02 Å². The lowest BCUT2D eigenvalue weighted by atomic mass is 9.83. The van der Waals surface area contributed by atoms with E-state index in [0.29, 0.717) is 10.6 Å². The van der Waals surface area contributed by atoms with Gasteiger partial charge in [-0.3, -0.25) is 9.78 Å². The van der Waals surface area contributed by atoms with Gasteiger partial charge in [0.25, 0.3) is 6.02 Å². The summed E-state index contributed by atoms with van der Waals surface area (Å²) >= 11 is 5.76. The van der Waals surface area contributed by atoms with Gasteiger partial charge >= 0.3 is 6.18 Å². The fraction of sp³-hybridized carbons (Fsp3) is 0.316. The number of benzene rings is 1. The third kappa shape index (κ3) is 3.11. The van der Waals surface area contributed by atoms with Gasteiger partial charge in [0, 0.05) is 18.5 Å². The van der Waals surface area contributed by atoms with Crippen LogP contribution in [0.15, 0.2) is 47.6 Å². The van der Waals surface area contributed by atoms with Gasteiger partial charge in [-0.15, -0.1) is 0 Å². The zero-order valence-electron chi connectivity index (χ0n) is 14.4. The Morgan fingerprint density at radius 3 is 2.79 bits per heavy atom. The summed E-state index contributed by atoms with van der Waals surface area (Å²) in [5.41, 5.74) is 3.64. The maximum Gasteiger partial charge on any atom is 0.418 e. The van der Waals surface area contributed by atoms with Crippen molar-refractivity contribution in [2.24, 2.45) is 16.6 Å². The van der Waals surface area contributed by atoms with Crippen molar-refractivity contribution in [2.45, 2.75) is 30.7 Å². The predicted octanol–water partition coefficient (Wildman–Crippen LogP) is 3.65. The number of fused-ring (bicyclic) bond motifs is 1. The van der Waals surface area contributed by atoms with E-state index < -0.39 is 29.8 Å². The van der Waals surface area contributed by atoms with Crippen molar-refractivity contribution in [3.8, 4) is 0 Å². The maximum atomic E-state index is 14.1.